The van der Waals surface area contributed by atoms with E-state index >= 15 is 0 Å². The fraction of sp³-hybridized carbons (Fsp3) is 0.480. The zero-order valence-electron chi connectivity index (χ0n) is 19.2. The summed E-state index contributed by atoms with van der Waals surface area (Å²) in [5.41, 5.74) is 0.150. The fourth-order valence-electron chi connectivity index (χ4n) is 3.07. The van der Waals surface area contributed by atoms with Crippen molar-refractivity contribution >= 4 is 17.8 Å². The lowest BCUT2D eigenvalue weighted by Crippen LogP contribution is -2.50. The van der Waals surface area contributed by atoms with Crippen LogP contribution >= 0.6 is 0 Å². The number of ether oxygens (including phenoxy) is 1. The van der Waals surface area contributed by atoms with Gasteiger partial charge in [-0.3, -0.25) is 14.4 Å². The van der Waals surface area contributed by atoms with Gasteiger partial charge < -0.3 is 20.1 Å². The minimum Gasteiger partial charge on any atom is -0.463 e. The lowest BCUT2D eigenvalue weighted by molar-refractivity contribution is -0.146. The molecule has 32 heavy (non-hydrogen) atoms. The highest BCUT2D eigenvalue weighted by Gasteiger charge is 2.29. The predicted molar refractivity (Wildman–Crippen MR) is 124 cm³/mol. The van der Waals surface area contributed by atoms with Crippen molar-refractivity contribution in [3.8, 4) is 0 Å². The van der Waals surface area contributed by atoms with Crippen LogP contribution in [-0.4, -0.2) is 53.1 Å². The van der Waals surface area contributed by atoms with Crippen molar-refractivity contribution < 1.29 is 24.2 Å². The first-order valence-electron chi connectivity index (χ1n) is 10.8. The van der Waals surface area contributed by atoms with Gasteiger partial charge in [-0.25, -0.2) is 0 Å². The number of hydrogen-bond acceptors (Lipinski definition) is 5. The Bertz CT molecular complexity index is 761. The zero-order valence-corrected chi connectivity index (χ0v) is 19.2. The van der Waals surface area contributed by atoms with E-state index in [4.69, 9.17) is 4.74 Å². The third kappa shape index (κ3) is 10.4. The van der Waals surface area contributed by atoms with Crippen LogP contribution < -0.4 is 5.32 Å². The molecule has 0 aliphatic rings. The quantitative estimate of drug-likeness (QED) is 0.320. The summed E-state index contributed by atoms with van der Waals surface area (Å²) in [4.78, 5) is 39.1. The molecule has 0 aliphatic carbocycles. The van der Waals surface area contributed by atoms with E-state index in [1.807, 2.05) is 30.3 Å². The minimum absolute atomic E-state index is 0.0140. The van der Waals surface area contributed by atoms with E-state index in [2.05, 4.69) is 18.5 Å². The molecule has 0 heterocycles. The summed E-state index contributed by atoms with van der Waals surface area (Å²) in [7, 11) is 0. The number of rotatable bonds is 15. The maximum absolute atomic E-state index is 12.9. The summed E-state index contributed by atoms with van der Waals surface area (Å²) in [6, 6.07) is 9.48. The zero-order chi connectivity index (χ0) is 24.0. The number of aliphatic hydroxyl groups is 1. The van der Waals surface area contributed by atoms with Crippen molar-refractivity contribution in [1.29, 1.82) is 0 Å². The van der Waals surface area contributed by atoms with Crippen molar-refractivity contribution in [2.45, 2.75) is 51.6 Å². The summed E-state index contributed by atoms with van der Waals surface area (Å²) >= 11 is 0. The number of carbonyl (C=O) groups excluding carboxylic acids is 3. The Balaban J connectivity index is 2.74. The fourth-order valence-corrected chi connectivity index (χ4v) is 3.07. The summed E-state index contributed by atoms with van der Waals surface area (Å²) < 4.78 is 5.24. The first-order chi connectivity index (χ1) is 15.2. The van der Waals surface area contributed by atoms with Crippen molar-refractivity contribution in [1.82, 2.24) is 10.2 Å². The van der Waals surface area contributed by atoms with E-state index < -0.39 is 11.5 Å². The third-order valence-electron chi connectivity index (χ3n) is 4.79. The average molecular weight is 445 g/mol. The van der Waals surface area contributed by atoms with Gasteiger partial charge >= 0.3 is 5.97 Å². The molecule has 0 unspecified atom stereocenters. The number of aliphatic hydroxyl groups excluding tert-OH is 1. The van der Waals surface area contributed by atoms with Gasteiger partial charge in [-0.2, -0.15) is 0 Å². The number of esters is 1. The molecule has 0 spiro atoms. The SMILES string of the molecule is C=CCCC(=O)OCC(C)(C)NC(=O)[C@H](CC=C)CC(=O)N(CCO)Cc1ccccc1. The normalized spacial score (nSPS) is 11.8. The van der Waals surface area contributed by atoms with E-state index in [1.54, 1.807) is 30.9 Å². The molecule has 0 bridgehead atoms. The van der Waals surface area contributed by atoms with Crippen molar-refractivity contribution in [2.24, 2.45) is 5.92 Å². The number of allylic oxidation sites excluding steroid dienone is 2. The Labute approximate surface area is 191 Å². The minimum atomic E-state index is -0.793. The second kappa shape index (κ2) is 14.2. The molecule has 0 fully saturated rings. The Morgan fingerprint density at radius 3 is 2.47 bits per heavy atom. The molecule has 2 amide bonds. The van der Waals surface area contributed by atoms with E-state index in [1.165, 1.54) is 0 Å². The summed E-state index contributed by atoms with van der Waals surface area (Å²) in [5.74, 6) is -1.51. The van der Waals surface area contributed by atoms with Gasteiger partial charge in [0.15, 0.2) is 0 Å². The van der Waals surface area contributed by atoms with E-state index in [9.17, 15) is 19.5 Å². The number of nitrogens with one attached hydrogen (secondary N) is 1. The second-order valence-corrected chi connectivity index (χ2v) is 8.31. The molecule has 7 heteroatoms. The average Bonchev–Trinajstić information content (AvgIpc) is 2.76. The Morgan fingerprint density at radius 2 is 1.88 bits per heavy atom. The molecular formula is C25H36N2O5. The second-order valence-electron chi connectivity index (χ2n) is 8.31. The number of nitrogens with zero attached hydrogens (tertiary/aromatic N) is 1. The Morgan fingerprint density at radius 1 is 1.19 bits per heavy atom. The lowest BCUT2D eigenvalue weighted by atomic mass is 9.97. The third-order valence-corrected chi connectivity index (χ3v) is 4.79. The smallest absolute Gasteiger partial charge is 0.306 e. The summed E-state index contributed by atoms with van der Waals surface area (Å²) in [6.45, 7) is 11.2. The maximum Gasteiger partial charge on any atom is 0.306 e. The van der Waals surface area contributed by atoms with Gasteiger partial charge in [-0.05, 0) is 32.3 Å². The van der Waals surface area contributed by atoms with Crippen LogP contribution in [0.25, 0.3) is 0 Å². The first kappa shape index (κ1) is 27.1. The Hall–Kier alpha value is -2.93. The molecule has 1 aromatic rings. The number of hydrogen-bond donors (Lipinski definition) is 2. The topological polar surface area (TPSA) is 95.9 Å². The van der Waals surface area contributed by atoms with Gasteiger partial charge in [-0.15, -0.1) is 13.2 Å². The highest BCUT2D eigenvalue weighted by atomic mass is 16.5. The molecule has 0 radical (unpaired) electrons. The highest BCUT2D eigenvalue weighted by Crippen LogP contribution is 2.16. The van der Waals surface area contributed by atoms with E-state index in [0.717, 1.165) is 5.56 Å². The van der Waals surface area contributed by atoms with Gasteiger partial charge in [0.25, 0.3) is 0 Å². The summed E-state index contributed by atoms with van der Waals surface area (Å²) in [6.07, 6.45) is 4.33. The summed E-state index contributed by atoms with van der Waals surface area (Å²) in [5, 5.41) is 12.3. The monoisotopic (exact) mass is 444 g/mol. The first-order valence-corrected chi connectivity index (χ1v) is 10.8. The molecule has 1 rings (SSSR count). The van der Waals surface area contributed by atoms with Gasteiger partial charge in [-0.1, -0.05) is 42.5 Å². The van der Waals surface area contributed by atoms with Crippen LogP contribution in [0.15, 0.2) is 55.6 Å². The molecule has 0 saturated carbocycles. The van der Waals surface area contributed by atoms with Crippen LogP contribution in [0, 0.1) is 5.92 Å². The van der Waals surface area contributed by atoms with Crippen LogP contribution in [0.2, 0.25) is 0 Å². The van der Waals surface area contributed by atoms with Crippen LogP contribution in [0.1, 0.15) is 45.1 Å². The lowest BCUT2D eigenvalue weighted by Gasteiger charge is -2.29. The van der Waals surface area contributed by atoms with E-state index in [-0.39, 0.29) is 50.4 Å². The van der Waals surface area contributed by atoms with Crippen LogP contribution in [0.5, 0.6) is 0 Å². The highest BCUT2D eigenvalue weighted by molar-refractivity contribution is 5.86. The molecule has 0 aromatic heterocycles. The van der Waals surface area contributed by atoms with Crippen molar-refractivity contribution in [3.05, 3.63) is 61.2 Å². The van der Waals surface area contributed by atoms with Crippen LogP contribution in [0.3, 0.4) is 0 Å². The molecule has 7 nitrogen and oxygen atoms in total. The molecule has 1 atom stereocenters. The molecule has 176 valence electrons. The molecule has 2 N–H and O–H groups in total. The standard InChI is InChI=1S/C25H36N2O5/c1-5-7-14-23(30)32-19-25(3,4)26-24(31)21(11-6-2)17-22(29)27(15-16-28)18-20-12-9-8-10-13-20/h5-6,8-10,12-13,21,28H,1-2,7,11,14-19H2,3-4H3,(H,26,31)/t21-/m1/s1. The maximum atomic E-state index is 12.9. The largest absolute Gasteiger partial charge is 0.463 e. The van der Waals surface area contributed by atoms with Crippen LogP contribution in [-0.2, 0) is 25.7 Å². The van der Waals surface area contributed by atoms with Gasteiger partial charge in [0.05, 0.1) is 18.1 Å². The molecule has 1 aromatic carbocycles. The van der Waals surface area contributed by atoms with Crippen molar-refractivity contribution in [2.75, 3.05) is 19.8 Å². The number of amides is 2. The van der Waals surface area contributed by atoms with Crippen LogP contribution in [0.4, 0.5) is 0 Å². The molecule has 0 aliphatic heterocycles. The number of benzene rings is 1. The van der Waals surface area contributed by atoms with Gasteiger partial charge in [0.2, 0.25) is 11.8 Å². The van der Waals surface area contributed by atoms with Crippen molar-refractivity contribution in [3.63, 3.8) is 0 Å². The molecular weight excluding hydrogens is 408 g/mol. The molecule has 0 saturated heterocycles. The van der Waals surface area contributed by atoms with Gasteiger partial charge in [0, 0.05) is 25.9 Å². The Kier molecular flexibility index (Phi) is 12.0. The predicted octanol–water partition coefficient (Wildman–Crippen LogP) is 2.99. The van der Waals surface area contributed by atoms with Gasteiger partial charge in [0.1, 0.15) is 6.61 Å². The van der Waals surface area contributed by atoms with E-state index in [0.29, 0.717) is 19.4 Å². The number of carbonyl (C=O) groups is 3.